The molecule has 18 heavy (non-hydrogen) atoms. The van der Waals surface area contributed by atoms with Gasteiger partial charge in [-0.3, -0.25) is 0 Å². The maximum atomic E-state index is 3.46. The van der Waals surface area contributed by atoms with Crippen molar-refractivity contribution in [3.63, 3.8) is 0 Å². The second-order valence-corrected chi connectivity index (χ2v) is 5.73. The standard InChI is InChI=1S/C16H28N2/c1-12(2)15-8-7-14(5)16(11-15)18(6)10-9-17-13(3)4/h7-8,11-13,17H,9-10H2,1-6H3. The van der Waals surface area contributed by atoms with E-state index in [1.165, 1.54) is 16.8 Å². The van der Waals surface area contributed by atoms with Crippen LogP contribution in [0.1, 0.15) is 44.7 Å². The maximum absolute atomic E-state index is 3.46. The van der Waals surface area contributed by atoms with Crippen LogP contribution in [-0.4, -0.2) is 26.2 Å². The van der Waals surface area contributed by atoms with Gasteiger partial charge in [0.2, 0.25) is 0 Å². The molecule has 1 aromatic rings. The van der Waals surface area contributed by atoms with E-state index in [1.807, 2.05) is 0 Å². The highest BCUT2D eigenvalue weighted by atomic mass is 15.1. The Labute approximate surface area is 112 Å². The molecular formula is C16H28N2. The second kappa shape index (κ2) is 6.79. The summed E-state index contributed by atoms with van der Waals surface area (Å²) in [6, 6.07) is 7.36. The lowest BCUT2D eigenvalue weighted by Crippen LogP contribution is -2.33. The highest BCUT2D eigenvalue weighted by molar-refractivity contribution is 5.55. The largest absolute Gasteiger partial charge is 0.373 e. The minimum atomic E-state index is 0.557. The molecule has 0 aromatic heterocycles. The van der Waals surface area contributed by atoms with Gasteiger partial charge in [0, 0.05) is 31.9 Å². The molecule has 1 rings (SSSR count). The number of anilines is 1. The first-order chi connectivity index (χ1) is 8.41. The average molecular weight is 248 g/mol. The van der Waals surface area contributed by atoms with Crippen molar-refractivity contribution in [2.45, 2.75) is 46.6 Å². The third-order valence-corrected chi connectivity index (χ3v) is 3.31. The van der Waals surface area contributed by atoms with Gasteiger partial charge in [0.25, 0.3) is 0 Å². The lowest BCUT2D eigenvalue weighted by molar-refractivity contribution is 0.589. The predicted octanol–water partition coefficient (Wildman–Crippen LogP) is 3.55. The molecule has 0 heterocycles. The van der Waals surface area contributed by atoms with E-state index in [4.69, 9.17) is 0 Å². The van der Waals surface area contributed by atoms with Crippen LogP contribution in [0.25, 0.3) is 0 Å². The van der Waals surface area contributed by atoms with Crippen LogP contribution in [0, 0.1) is 6.92 Å². The summed E-state index contributed by atoms with van der Waals surface area (Å²) in [4.78, 5) is 2.34. The zero-order valence-electron chi connectivity index (χ0n) is 12.7. The quantitative estimate of drug-likeness (QED) is 0.828. The van der Waals surface area contributed by atoms with Gasteiger partial charge in [-0.25, -0.2) is 0 Å². The van der Waals surface area contributed by atoms with Crippen molar-refractivity contribution in [2.75, 3.05) is 25.0 Å². The van der Waals surface area contributed by atoms with Crippen LogP contribution in [0.4, 0.5) is 5.69 Å². The number of hydrogen-bond acceptors (Lipinski definition) is 2. The first kappa shape index (κ1) is 15.0. The Bertz CT molecular complexity index is 369. The van der Waals surface area contributed by atoms with E-state index in [2.05, 4.69) is 70.1 Å². The van der Waals surface area contributed by atoms with Crippen LogP contribution >= 0.6 is 0 Å². The zero-order chi connectivity index (χ0) is 13.7. The molecule has 0 saturated carbocycles. The fourth-order valence-electron chi connectivity index (χ4n) is 2.04. The lowest BCUT2D eigenvalue weighted by atomic mass is 10.0. The molecule has 0 aliphatic heterocycles. The molecule has 0 amide bonds. The van der Waals surface area contributed by atoms with Crippen LogP contribution in [0.3, 0.4) is 0 Å². The van der Waals surface area contributed by atoms with E-state index in [1.54, 1.807) is 0 Å². The fraction of sp³-hybridized carbons (Fsp3) is 0.625. The third-order valence-electron chi connectivity index (χ3n) is 3.31. The van der Waals surface area contributed by atoms with E-state index >= 15 is 0 Å². The summed E-state index contributed by atoms with van der Waals surface area (Å²) in [5, 5.41) is 3.46. The Balaban J connectivity index is 2.71. The normalized spacial score (nSPS) is 11.3. The van der Waals surface area contributed by atoms with Gasteiger partial charge in [-0.1, -0.05) is 39.8 Å². The SMILES string of the molecule is Cc1ccc(C(C)C)cc1N(C)CCNC(C)C. The number of aryl methyl sites for hydroxylation is 1. The van der Waals surface area contributed by atoms with Crippen molar-refractivity contribution in [2.24, 2.45) is 0 Å². The molecule has 1 N–H and O–H groups in total. The summed E-state index contributed by atoms with van der Waals surface area (Å²) < 4.78 is 0. The van der Waals surface area contributed by atoms with Crippen molar-refractivity contribution in [1.82, 2.24) is 5.32 Å². The Morgan fingerprint density at radius 2 is 1.83 bits per heavy atom. The van der Waals surface area contributed by atoms with Crippen molar-refractivity contribution in [1.29, 1.82) is 0 Å². The first-order valence-electron chi connectivity index (χ1n) is 6.97. The van der Waals surface area contributed by atoms with Crippen LogP contribution in [0.15, 0.2) is 18.2 Å². The van der Waals surface area contributed by atoms with E-state index in [-0.39, 0.29) is 0 Å². The molecule has 0 atom stereocenters. The zero-order valence-corrected chi connectivity index (χ0v) is 12.7. The molecular weight excluding hydrogens is 220 g/mol. The number of nitrogens with one attached hydrogen (secondary N) is 1. The molecule has 0 fully saturated rings. The molecule has 0 radical (unpaired) electrons. The van der Waals surface area contributed by atoms with Gasteiger partial charge in [-0.2, -0.15) is 0 Å². The Morgan fingerprint density at radius 3 is 2.39 bits per heavy atom. The highest BCUT2D eigenvalue weighted by Gasteiger charge is 2.07. The van der Waals surface area contributed by atoms with Gasteiger partial charge in [0.1, 0.15) is 0 Å². The smallest absolute Gasteiger partial charge is 0.0396 e. The molecule has 0 bridgehead atoms. The topological polar surface area (TPSA) is 15.3 Å². The number of hydrogen-bond donors (Lipinski definition) is 1. The third kappa shape index (κ3) is 4.34. The van der Waals surface area contributed by atoms with E-state index < -0.39 is 0 Å². The number of benzene rings is 1. The number of rotatable bonds is 6. The van der Waals surface area contributed by atoms with Crippen molar-refractivity contribution in [3.05, 3.63) is 29.3 Å². The predicted molar refractivity (Wildman–Crippen MR) is 81.7 cm³/mol. The van der Waals surface area contributed by atoms with E-state index in [0.717, 1.165) is 13.1 Å². The summed E-state index contributed by atoms with van der Waals surface area (Å²) in [5.41, 5.74) is 4.12. The minimum Gasteiger partial charge on any atom is -0.373 e. The monoisotopic (exact) mass is 248 g/mol. The second-order valence-electron chi connectivity index (χ2n) is 5.73. The van der Waals surface area contributed by atoms with Gasteiger partial charge < -0.3 is 10.2 Å². The maximum Gasteiger partial charge on any atom is 0.0396 e. The molecule has 102 valence electrons. The first-order valence-corrected chi connectivity index (χ1v) is 6.97. The van der Waals surface area contributed by atoms with Gasteiger partial charge in [0.05, 0.1) is 0 Å². The van der Waals surface area contributed by atoms with Crippen molar-refractivity contribution < 1.29 is 0 Å². The molecule has 1 aromatic carbocycles. The van der Waals surface area contributed by atoms with Crippen molar-refractivity contribution in [3.8, 4) is 0 Å². The lowest BCUT2D eigenvalue weighted by Gasteiger charge is -2.23. The number of likely N-dealkylation sites (N-methyl/N-ethyl adjacent to an activating group) is 1. The molecule has 2 heteroatoms. The fourth-order valence-corrected chi connectivity index (χ4v) is 2.04. The van der Waals surface area contributed by atoms with Crippen LogP contribution in [0.5, 0.6) is 0 Å². The Hall–Kier alpha value is -1.02. The van der Waals surface area contributed by atoms with Gasteiger partial charge >= 0.3 is 0 Å². The summed E-state index contributed by atoms with van der Waals surface area (Å²) in [6.07, 6.45) is 0. The van der Waals surface area contributed by atoms with Crippen LogP contribution < -0.4 is 10.2 Å². The summed E-state index contributed by atoms with van der Waals surface area (Å²) in [5.74, 6) is 0.589. The summed E-state index contributed by atoms with van der Waals surface area (Å²) >= 11 is 0. The molecule has 0 aliphatic carbocycles. The van der Waals surface area contributed by atoms with E-state index in [9.17, 15) is 0 Å². The van der Waals surface area contributed by atoms with Crippen LogP contribution in [0.2, 0.25) is 0 Å². The van der Waals surface area contributed by atoms with Gasteiger partial charge in [-0.15, -0.1) is 0 Å². The highest BCUT2D eigenvalue weighted by Crippen LogP contribution is 2.24. The average Bonchev–Trinajstić information content (AvgIpc) is 2.28. The Kier molecular flexibility index (Phi) is 5.67. The van der Waals surface area contributed by atoms with Gasteiger partial charge in [-0.05, 0) is 30.0 Å². The molecule has 0 unspecified atom stereocenters. The van der Waals surface area contributed by atoms with Gasteiger partial charge in [0.15, 0.2) is 0 Å². The molecule has 0 spiro atoms. The summed E-state index contributed by atoms with van der Waals surface area (Å²) in [6.45, 7) is 13.1. The van der Waals surface area contributed by atoms with Crippen LogP contribution in [-0.2, 0) is 0 Å². The minimum absolute atomic E-state index is 0.557. The summed E-state index contributed by atoms with van der Waals surface area (Å²) in [7, 11) is 2.18. The molecule has 0 aliphatic rings. The number of nitrogens with zero attached hydrogens (tertiary/aromatic N) is 1. The van der Waals surface area contributed by atoms with Crippen molar-refractivity contribution >= 4 is 5.69 Å². The molecule has 0 saturated heterocycles. The molecule has 2 nitrogen and oxygen atoms in total. The van der Waals surface area contributed by atoms with E-state index in [0.29, 0.717) is 12.0 Å². The Morgan fingerprint density at radius 1 is 1.17 bits per heavy atom.